The van der Waals surface area contributed by atoms with Crippen LogP contribution in [0.3, 0.4) is 0 Å². The molecule has 24 heavy (non-hydrogen) atoms. The first-order chi connectivity index (χ1) is 11.6. The number of aryl methyl sites for hydroxylation is 1. The molecule has 3 nitrogen and oxygen atoms in total. The molecule has 5 rings (SSSR count). The Balaban J connectivity index is 1.52. The van der Waals surface area contributed by atoms with Crippen molar-refractivity contribution in [1.82, 2.24) is 0 Å². The van der Waals surface area contributed by atoms with Gasteiger partial charge in [-0.15, -0.1) is 0 Å². The predicted molar refractivity (Wildman–Crippen MR) is 90.8 cm³/mol. The van der Waals surface area contributed by atoms with E-state index in [-0.39, 0.29) is 0 Å². The van der Waals surface area contributed by atoms with Gasteiger partial charge in [0, 0.05) is 23.8 Å². The fraction of sp³-hybridized carbons (Fsp3) is 0.714. The predicted octanol–water partition coefficient (Wildman–Crippen LogP) is 4.94. The molecule has 1 aliphatic heterocycles. The molecular formula is C21H28O3. The summed E-state index contributed by atoms with van der Waals surface area (Å²) in [6.07, 6.45) is 8.08. The lowest BCUT2D eigenvalue weighted by atomic mass is 9.62. The molecule has 0 aromatic heterocycles. The van der Waals surface area contributed by atoms with Crippen LogP contribution in [0.4, 0.5) is 0 Å². The zero-order valence-corrected chi connectivity index (χ0v) is 14.8. The Morgan fingerprint density at radius 3 is 2.79 bits per heavy atom. The van der Waals surface area contributed by atoms with E-state index < -0.39 is 11.6 Å². The maximum atomic E-state index is 6.85. The summed E-state index contributed by atoms with van der Waals surface area (Å²) < 4.78 is 6.85. The lowest BCUT2D eigenvalue weighted by Gasteiger charge is -2.50. The minimum Gasteiger partial charge on any atom is -0.308 e. The van der Waals surface area contributed by atoms with Gasteiger partial charge in [-0.25, -0.2) is 0 Å². The van der Waals surface area contributed by atoms with Gasteiger partial charge in [-0.1, -0.05) is 38.1 Å². The normalized spacial score (nSPS) is 47.1. The first-order valence-electron chi connectivity index (χ1n) is 9.77. The van der Waals surface area contributed by atoms with Crippen LogP contribution in [0.5, 0.6) is 0 Å². The van der Waals surface area contributed by atoms with Crippen molar-refractivity contribution in [2.45, 2.75) is 70.4 Å². The van der Waals surface area contributed by atoms with Crippen LogP contribution in [0.25, 0.3) is 0 Å². The van der Waals surface area contributed by atoms with Crippen molar-refractivity contribution >= 4 is 0 Å². The molecule has 3 heteroatoms. The number of hydrogen-bond donors (Lipinski definition) is 0. The molecule has 1 aromatic carbocycles. The second-order valence-electron chi connectivity index (χ2n) is 8.77. The van der Waals surface area contributed by atoms with E-state index in [0.29, 0.717) is 11.8 Å². The maximum absolute atomic E-state index is 6.85. The molecule has 3 fully saturated rings. The van der Waals surface area contributed by atoms with E-state index in [1.807, 2.05) is 0 Å². The van der Waals surface area contributed by atoms with Gasteiger partial charge in [0.2, 0.25) is 11.6 Å². The van der Waals surface area contributed by atoms with E-state index in [2.05, 4.69) is 38.1 Å². The summed E-state index contributed by atoms with van der Waals surface area (Å²) in [4.78, 5) is 12.2. The van der Waals surface area contributed by atoms with Crippen LogP contribution in [0, 0.1) is 23.7 Å². The maximum Gasteiger partial charge on any atom is 0.230 e. The van der Waals surface area contributed by atoms with Crippen molar-refractivity contribution in [2.75, 3.05) is 0 Å². The van der Waals surface area contributed by atoms with Crippen molar-refractivity contribution in [3.05, 3.63) is 35.4 Å². The third kappa shape index (κ3) is 2.07. The number of benzene rings is 1. The Bertz CT molecular complexity index is 640. The molecule has 4 aliphatic rings. The minimum absolute atomic E-state index is 0.391. The summed E-state index contributed by atoms with van der Waals surface area (Å²) in [7, 11) is 0. The molecule has 2 saturated carbocycles. The molecule has 1 aromatic rings. The van der Waals surface area contributed by atoms with E-state index in [9.17, 15) is 0 Å². The third-order valence-electron chi connectivity index (χ3n) is 6.99. The largest absolute Gasteiger partial charge is 0.308 e. The Morgan fingerprint density at radius 2 is 1.88 bits per heavy atom. The lowest BCUT2D eigenvalue weighted by Crippen LogP contribution is -2.53. The average Bonchev–Trinajstić information content (AvgIpc) is 2.95. The summed E-state index contributed by atoms with van der Waals surface area (Å²) in [6, 6.07) is 8.57. The minimum atomic E-state index is -0.684. The Hall–Kier alpha value is -0.900. The number of hydrogen-bond acceptors (Lipinski definition) is 3. The highest BCUT2D eigenvalue weighted by Gasteiger charge is 2.63. The van der Waals surface area contributed by atoms with Crippen LogP contribution in [0.1, 0.15) is 63.5 Å². The first kappa shape index (κ1) is 15.4. The molecule has 0 N–H and O–H groups in total. The summed E-state index contributed by atoms with van der Waals surface area (Å²) >= 11 is 0. The van der Waals surface area contributed by atoms with E-state index in [0.717, 1.165) is 31.1 Å². The summed E-state index contributed by atoms with van der Waals surface area (Å²) in [5, 5.41) is 0. The van der Waals surface area contributed by atoms with E-state index in [4.69, 9.17) is 14.5 Å². The fourth-order valence-corrected chi connectivity index (χ4v) is 6.04. The summed E-state index contributed by atoms with van der Waals surface area (Å²) in [5.41, 5.74) is 2.54. The highest BCUT2D eigenvalue weighted by Crippen LogP contribution is 2.59. The molecule has 0 radical (unpaired) electrons. The van der Waals surface area contributed by atoms with Gasteiger partial charge in [0.1, 0.15) is 0 Å². The molecule has 1 heterocycles. The van der Waals surface area contributed by atoms with Crippen LogP contribution < -0.4 is 0 Å². The topological polar surface area (TPSA) is 27.7 Å². The Labute approximate surface area is 144 Å². The molecule has 6 unspecified atom stereocenters. The van der Waals surface area contributed by atoms with Gasteiger partial charge in [-0.2, -0.15) is 9.78 Å². The van der Waals surface area contributed by atoms with Gasteiger partial charge in [-0.3, -0.25) is 0 Å². The highest BCUT2D eigenvalue weighted by atomic mass is 17.3. The quantitative estimate of drug-likeness (QED) is 0.631. The van der Waals surface area contributed by atoms with Crippen LogP contribution >= 0.6 is 0 Å². The molecule has 1 saturated heterocycles. The van der Waals surface area contributed by atoms with Crippen molar-refractivity contribution in [3.63, 3.8) is 0 Å². The second-order valence-corrected chi connectivity index (χ2v) is 8.77. The third-order valence-corrected chi connectivity index (χ3v) is 6.99. The standard InChI is InChI=1S/C21H28O3/c1-14-10-16-12-15(2)21(18(11-14)13-16)22-20(23-24-21)9-5-7-17-6-3-4-8-19(17)20/h3-4,6,8,14-16,18H,5,7,9-13H2,1-2H3. The van der Waals surface area contributed by atoms with Gasteiger partial charge in [-0.05, 0) is 55.9 Å². The number of fused-ring (bicyclic) bond motifs is 5. The molecule has 0 amide bonds. The van der Waals surface area contributed by atoms with Crippen LogP contribution in [-0.2, 0) is 26.7 Å². The van der Waals surface area contributed by atoms with Crippen molar-refractivity contribution in [1.29, 1.82) is 0 Å². The highest BCUT2D eigenvalue weighted by molar-refractivity contribution is 5.33. The van der Waals surface area contributed by atoms with Gasteiger partial charge in [0.25, 0.3) is 0 Å². The van der Waals surface area contributed by atoms with Gasteiger partial charge in [0.15, 0.2) is 0 Å². The zero-order chi connectivity index (χ0) is 16.4. The molecule has 2 spiro atoms. The van der Waals surface area contributed by atoms with Crippen molar-refractivity contribution in [3.8, 4) is 0 Å². The average molecular weight is 328 g/mol. The Morgan fingerprint density at radius 1 is 1.00 bits per heavy atom. The van der Waals surface area contributed by atoms with Crippen molar-refractivity contribution in [2.24, 2.45) is 23.7 Å². The molecule has 6 atom stereocenters. The zero-order valence-electron chi connectivity index (χ0n) is 14.8. The van der Waals surface area contributed by atoms with Crippen LogP contribution in [-0.4, -0.2) is 5.79 Å². The summed E-state index contributed by atoms with van der Waals surface area (Å²) in [6.45, 7) is 4.68. The molecule has 2 bridgehead atoms. The molecule has 3 aliphatic carbocycles. The molecular weight excluding hydrogens is 300 g/mol. The van der Waals surface area contributed by atoms with Crippen LogP contribution in [0.15, 0.2) is 24.3 Å². The monoisotopic (exact) mass is 328 g/mol. The molecule has 130 valence electrons. The Kier molecular flexibility index (Phi) is 3.39. The van der Waals surface area contributed by atoms with Gasteiger partial charge in [0.05, 0.1) is 0 Å². The van der Waals surface area contributed by atoms with Gasteiger partial charge >= 0.3 is 0 Å². The lowest BCUT2D eigenvalue weighted by molar-refractivity contribution is -0.381. The fourth-order valence-electron chi connectivity index (χ4n) is 6.04. The first-order valence-corrected chi connectivity index (χ1v) is 9.77. The van der Waals surface area contributed by atoms with E-state index in [1.165, 1.54) is 36.8 Å². The smallest absolute Gasteiger partial charge is 0.230 e. The summed E-state index contributed by atoms with van der Waals surface area (Å²) in [5.74, 6) is 1.22. The van der Waals surface area contributed by atoms with E-state index >= 15 is 0 Å². The second kappa shape index (κ2) is 5.30. The van der Waals surface area contributed by atoms with Gasteiger partial charge < -0.3 is 4.74 Å². The van der Waals surface area contributed by atoms with Crippen LogP contribution in [0.2, 0.25) is 0 Å². The number of ether oxygens (including phenoxy) is 1. The SMILES string of the molecule is CC1CC2CC(C)C3(OOC4(CCCc5ccccc54)O3)C(C1)C2. The van der Waals surface area contributed by atoms with E-state index in [1.54, 1.807) is 0 Å². The number of rotatable bonds is 0. The van der Waals surface area contributed by atoms with Crippen molar-refractivity contribution < 1.29 is 14.5 Å².